The van der Waals surface area contributed by atoms with E-state index in [1.807, 2.05) is 0 Å². The average molecular weight is 301 g/mol. The van der Waals surface area contributed by atoms with Crippen molar-refractivity contribution in [2.75, 3.05) is 5.73 Å². The lowest BCUT2D eigenvalue weighted by atomic mass is 10.3. The quantitative estimate of drug-likeness (QED) is 0.690. The number of benzene rings is 1. The highest BCUT2D eigenvalue weighted by Crippen LogP contribution is 2.35. The number of hydrogen-bond acceptors (Lipinski definition) is 6. The number of nitrogens with zero attached hydrogens (tertiary/aromatic N) is 3. The Morgan fingerprint density at radius 3 is 2.74 bits per heavy atom. The van der Waals surface area contributed by atoms with Crippen LogP contribution in [-0.4, -0.2) is 14.9 Å². The van der Waals surface area contributed by atoms with Gasteiger partial charge in [0.25, 0.3) is 5.69 Å². The summed E-state index contributed by atoms with van der Waals surface area (Å²) in [5.41, 5.74) is 5.32. The van der Waals surface area contributed by atoms with Crippen molar-refractivity contribution >= 4 is 34.7 Å². The fourth-order valence-corrected chi connectivity index (χ4v) is 1.52. The first-order valence-corrected chi connectivity index (χ1v) is 5.62. The molecule has 0 aliphatic rings. The molecule has 1 heterocycles. The van der Waals surface area contributed by atoms with E-state index in [1.165, 1.54) is 12.1 Å². The number of ether oxygens (including phenoxy) is 1. The van der Waals surface area contributed by atoms with Crippen molar-refractivity contribution in [2.45, 2.75) is 0 Å². The number of halogens is 2. The van der Waals surface area contributed by atoms with Gasteiger partial charge in [-0.15, -0.1) is 0 Å². The third-order valence-corrected chi connectivity index (χ3v) is 2.78. The first kappa shape index (κ1) is 13.3. The minimum Gasteiger partial charge on any atom is -0.436 e. The van der Waals surface area contributed by atoms with Gasteiger partial charge >= 0.3 is 0 Å². The highest BCUT2D eigenvalue weighted by molar-refractivity contribution is 6.34. The topological polar surface area (TPSA) is 104 Å². The molecular weight excluding hydrogens is 295 g/mol. The van der Waals surface area contributed by atoms with Crippen LogP contribution >= 0.6 is 23.2 Å². The maximum Gasteiger partial charge on any atom is 0.273 e. The third-order valence-electron chi connectivity index (χ3n) is 2.12. The molecule has 0 aliphatic carbocycles. The number of nitro benzene ring substituents is 1. The summed E-state index contributed by atoms with van der Waals surface area (Å²) in [5.74, 6) is 0.0562. The lowest BCUT2D eigenvalue weighted by Crippen LogP contribution is -1.97. The molecule has 7 nitrogen and oxygen atoms in total. The normalized spacial score (nSPS) is 10.2. The van der Waals surface area contributed by atoms with Crippen LogP contribution in [0.3, 0.4) is 0 Å². The Kier molecular flexibility index (Phi) is 3.68. The Morgan fingerprint density at radius 1 is 1.32 bits per heavy atom. The van der Waals surface area contributed by atoms with Gasteiger partial charge in [0.05, 0.1) is 16.0 Å². The molecule has 0 amide bonds. The molecular formula is C10H6Cl2N4O3. The van der Waals surface area contributed by atoms with E-state index in [2.05, 4.69) is 9.97 Å². The Hall–Kier alpha value is -2.12. The summed E-state index contributed by atoms with van der Waals surface area (Å²) >= 11 is 11.7. The number of nitrogen functional groups attached to an aromatic ring is 1. The molecule has 0 radical (unpaired) electrons. The maximum absolute atomic E-state index is 10.7. The molecule has 0 fully saturated rings. The van der Waals surface area contributed by atoms with Crippen LogP contribution in [0.15, 0.2) is 24.5 Å². The van der Waals surface area contributed by atoms with Gasteiger partial charge in [0.15, 0.2) is 5.75 Å². The van der Waals surface area contributed by atoms with Crippen LogP contribution in [0.2, 0.25) is 10.0 Å². The smallest absolute Gasteiger partial charge is 0.273 e. The fraction of sp³-hybridized carbons (Fsp3) is 0. The van der Waals surface area contributed by atoms with E-state index in [9.17, 15) is 10.1 Å². The summed E-state index contributed by atoms with van der Waals surface area (Å²) in [6.45, 7) is 0. The Bertz CT molecular complexity index is 651. The fourth-order valence-electron chi connectivity index (χ4n) is 1.23. The zero-order chi connectivity index (χ0) is 14.0. The van der Waals surface area contributed by atoms with Gasteiger partial charge in [-0.05, 0) is 6.07 Å². The molecule has 0 unspecified atom stereocenters. The molecule has 2 rings (SSSR count). The maximum atomic E-state index is 10.7. The molecule has 0 saturated carbocycles. The van der Waals surface area contributed by atoms with E-state index in [-0.39, 0.29) is 33.2 Å². The highest BCUT2D eigenvalue weighted by Gasteiger charge is 2.14. The zero-order valence-corrected chi connectivity index (χ0v) is 10.7. The number of anilines is 1. The Morgan fingerprint density at radius 2 is 2.05 bits per heavy atom. The van der Waals surface area contributed by atoms with E-state index < -0.39 is 4.92 Å². The second kappa shape index (κ2) is 5.25. The van der Waals surface area contributed by atoms with Crippen LogP contribution in [0.1, 0.15) is 0 Å². The van der Waals surface area contributed by atoms with Crippen molar-refractivity contribution in [1.29, 1.82) is 0 Å². The summed E-state index contributed by atoms with van der Waals surface area (Å²) in [6.07, 6.45) is 1.15. The SMILES string of the molecule is Nc1ncnc(Oc2cc([N+](=O)[O-])ccc2Cl)c1Cl. The predicted molar refractivity (Wildman–Crippen MR) is 69.6 cm³/mol. The van der Waals surface area contributed by atoms with E-state index in [4.69, 9.17) is 33.7 Å². The van der Waals surface area contributed by atoms with Gasteiger partial charge in [-0.3, -0.25) is 10.1 Å². The van der Waals surface area contributed by atoms with Gasteiger partial charge in [-0.2, -0.15) is 4.98 Å². The van der Waals surface area contributed by atoms with Gasteiger partial charge < -0.3 is 10.5 Å². The summed E-state index contributed by atoms with van der Waals surface area (Å²) in [6, 6.07) is 3.76. The largest absolute Gasteiger partial charge is 0.436 e. The number of nitro groups is 1. The first-order chi connectivity index (χ1) is 8.99. The van der Waals surface area contributed by atoms with Crippen molar-refractivity contribution in [3.63, 3.8) is 0 Å². The molecule has 1 aromatic carbocycles. The molecule has 9 heteroatoms. The molecule has 0 spiro atoms. The molecule has 0 aliphatic heterocycles. The number of non-ortho nitro benzene ring substituents is 1. The van der Waals surface area contributed by atoms with Crippen LogP contribution in [0.5, 0.6) is 11.6 Å². The molecule has 0 saturated heterocycles. The van der Waals surface area contributed by atoms with E-state index in [1.54, 1.807) is 0 Å². The van der Waals surface area contributed by atoms with Crippen molar-refractivity contribution in [3.8, 4) is 11.6 Å². The van der Waals surface area contributed by atoms with Gasteiger partial charge in [0.1, 0.15) is 17.2 Å². The lowest BCUT2D eigenvalue weighted by molar-refractivity contribution is -0.384. The molecule has 2 N–H and O–H groups in total. The number of nitrogens with two attached hydrogens (primary N) is 1. The summed E-state index contributed by atoms with van der Waals surface area (Å²) in [7, 11) is 0. The Balaban J connectivity index is 2.40. The van der Waals surface area contributed by atoms with Crippen molar-refractivity contribution in [3.05, 3.63) is 44.7 Å². The molecule has 19 heavy (non-hydrogen) atoms. The Labute approximate surface area is 117 Å². The minimum atomic E-state index is -0.570. The van der Waals surface area contributed by atoms with Gasteiger partial charge in [-0.25, -0.2) is 4.98 Å². The van der Waals surface area contributed by atoms with Crippen molar-refractivity contribution in [2.24, 2.45) is 0 Å². The van der Waals surface area contributed by atoms with Crippen LogP contribution in [-0.2, 0) is 0 Å². The molecule has 98 valence electrons. The second-order valence-corrected chi connectivity index (χ2v) is 4.14. The van der Waals surface area contributed by atoms with Crippen LogP contribution in [0.4, 0.5) is 11.5 Å². The number of hydrogen-bond donors (Lipinski definition) is 1. The van der Waals surface area contributed by atoms with Crippen LogP contribution < -0.4 is 10.5 Å². The third kappa shape index (κ3) is 2.83. The van der Waals surface area contributed by atoms with E-state index in [0.29, 0.717) is 0 Å². The van der Waals surface area contributed by atoms with Gasteiger partial charge in [0.2, 0.25) is 5.88 Å². The monoisotopic (exact) mass is 300 g/mol. The average Bonchev–Trinajstić information content (AvgIpc) is 2.37. The van der Waals surface area contributed by atoms with Gasteiger partial charge in [-0.1, -0.05) is 23.2 Å². The van der Waals surface area contributed by atoms with Gasteiger partial charge in [0, 0.05) is 6.07 Å². The molecule has 0 bridgehead atoms. The summed E-state index contributed by atoms with van der Waals surface area (Å²) in [5, 5.41) is 10.9. The molecule has 2 aromatic rings. The lowest BCUT2D eigenvalue weighted by Gasteiger charge is -2.08. The van der Waals surface area contributed by atoms with E-state index >= 15 is 0 Å². The number of rotatable bonds is 3. The van der Waals surface area contributed by atoms with Crippen LogP contribution in [0.25, 0.3) is 0 Å². The zero-order valence-electron chi connectivity index (χ0n) is 9.21. The summed E-state index contributed by atoms with van der Waals surface area (Å²) in [4.78, 5) is 17.5. The second-order valence-electron chi connectivity index (χ2n) is 3.35. The number of aromatic nitrogens is 2. The highest BCUT2D eigenvalue weighted by atomic mass is 35.5. The first-order valence-electron chi connectivity index (χ1n) is 4.87. The molecule has 1 aromatic heterocycles. The standard InChI is InChI=1S/C10H6Cl2N4O3/c11-6-2-1-5(16(17)18)3-7(6)19-10-8(12)9(13)14-4-15-10/h1-4H,(H2,13,14,15). The minimum absolute atomic E-state index is 0.00470. The summed E-state index contributed by atoms with van der Waals surface area (Å²) < 4.78 is 5.31. The van der Waals surface area contributed by atoms with Crippen molar-refractivity contribution < 1.29 is 9.66 Å². The van der Waals surface area contributed by atoms with Crippen LogP contribution in [0, 0.1) is 10.1 Å². The molecule has 0 atom stereocenters. The van der Waals surface area contributed by atoms with E-state index in [0.717, 1.165) is 12.4 Å². The van der Waals surface area contributed by atoms with Crippen molar-refractivity contribution in [1.82, 2.24) is 9.97 Å². The predicted octanol–water partition coefficient (Wildman–Crippen LogP) is 3.07.